The molecule has 0 amide bonds. The fourth-order valence-electron chi connectivity index (χ4n) is 2.06. The normalized spacial score (nSPS) is 11.8. The van der Waals surface area contributed by atoms with Gasteiger partial charge in [-0.25, -0.2) is 8.78 Å². The summed E-state index contributed by atoms with van der Waals surface area (Å²) in [5.41, 5.74) is -1.92. The molecule has 160 valence electrons. The van der Waals surface area contributed by atoms with Gasteiger partial charge in [0.2, 0.25) is 0 Å². The Labute approximate surface area is 187 Å². The van der Waals surface area contributed by atoms with Gasteiger partial charge in [0.25, 0.3) is 0 Å². The Morgan fingerprint density at radius 2 is 1.03 bits per heavy atom. The van der Waals surface area contributed by atoms with E-state index in [1.165, 1.54) is 0 Å². The summed E-state index contributed by atoms with van der Waals surface area (Å²) in [6.07, 6.45) is -4.87. The summed E-state index contributed by atoms with van der Waals surface area (Å²) in [6, 6.07) is 0.944. The van der Waals surface area contributed by atoms with E-state index in [4.69, 9.17) is 0 Å². The molecule has 0 bridgehead atoms. The number of hydrogen-bond donors (Lipinski definition) is 0. The summed E-state index contributed by atoms with van der Waals surface area (Å²) < 4.78 is 127. The van der Waals surface area contributed by atoms with Crippen molar-refractivity contribution in [2.75, 3.05) is 0 Å². The Hall–Kier alpha value is -0.160. The minimum absolute atomic E-state index is 0.233. The van der Waals surface area contributed by atoms with Crippen LogP contribution in [0.2, 0.25) is 0 Å². The lowest BCUT2D eigenvalue weighted by Gasteiger charge is -2.23. The lowest BCUT2D eigenvalue weighted by Crippen LogP contribution is -2.26. The maximum Gasteiger partial charge on any atom is 0.432 e. The Bertz CT molecular complexity index is 861. The van der Waals surface area contributed by atoms with E-state index in [1.54, 1.807) is 0 Å². The number of halogens is 10. The van der Waals surface area contributed by atoms with Gasteiger partial charge in [-0.2, -0.15) is 28.2 Å². The molecule has 0 aliphatic rings. The zero-order valence-electron chi connectivity index (χ0n) is 12.9. The molecule has 0 aliphatic carbocycles. The van der Waals surface area contributed by atoms with Crippen LogP contribution in [0.3, 0.4) is 0 Å². The van der Waals surface area contributed by atoms with Gasteiger partial charge in [0.05, 0.1) is 75.4 Å². The van der Waals surface area contributed by atoms with E-state index in [9.17, 15) is 37.0 Å². The first-order chi connectivity index (χ1) is 13.7. The molecule has 2 aromatic rings. The molecule has 0 heterocycles. The lowest BCUT2D eigenvalue weighted by atomic mass is 10.2. The van der Waals surface area contributed by atoms with Crippen molar-refractivity contribution in [1.82, 2.24) is 0 Å². The number of benzene rings is 2. The summed E-state index contributed by atoms with van der Waals surface area (Å²) >= 11 is -1.67. The van der Waals surface area contributed by atoms with Crippen molar-refractivity contribution in [1.29, 1.82) is 0 Å². The maximum absolute atomic E-state index is 14.5. The van der Waals surface area contributed by atoms with Crippen LogP contribution in [-0.4, -0.2) is 0 Å². The van der Waals surface area contributed by atoms with E-state index in [0.717, 1.165) is 0 Å². The van der Waals surface area contributed by atoms with E-state index in [2.05, 4.69) is 20.7 Å². The van der Waals surface area contributed by atoms with Crippen LogP contribution in [0.1, 0.15) is 5.56 Å². The smallest absolute Gasteiger partial charge is 0.426 e. The van der Waals surface area contributed by atoms with E-state index < -0.39 is 114 Å². The summed E-state index contributed by atoms with van der Waals surface area (Å²) in [4.78, 5) is -5.32. The summed E-state index contributed by atoms with van der Waals surface area (Å²) in [7, 11) is 0. The van der Waals surface area contributed by atoms with Gasteiger partial charge in [0.1, 0.15) is 27.0 Å². The molecular formula is C13H2BrF9OS5. The van der Waals surface area contributed by atoms with Crippen LogP contribution < -0.4 is 4.74 Å². The molecule has 0 unspecified atom stereocenters. The van der Waals surface area contributed by atoms with E-state index in [-0.39, 0.29) is 4.47 Å². The molecule has 0 spiro atoms. The van der Waals surface area contributed by atoms with E-state index in [0.29, 0.717) is 12.1 Å². The van der Waals surface area contributed by atoms with Gasteiger partial charge < -0.3 is 4.74 Å². The Morgan fingerprint density at radius 1 is 0.690 bits per heavy atom. The van der Waals surface area contributed by atoms with Crippen molar-refractivity contribution in [3.63, 3.8) is 0 Å². The van der Waals surface area contributed by atoms with Crippen molar-refractivity contribution in [3.05, 3.63) is 33.8 Å². The highest BCUT2D eigenvalue weighted by molar-refractivity contribution is 9.10. The van der Waals surface area contributed by atoms with Crippen LogP contribution in [-0.2, 0) is 6.11 Å². The quantitative estimate of drug-likeness (QED) is 0.283. The predicted molar refractivity (Wildman–Crippen MR) is 99.8 cm³/mol. The van der Waals surface area contributed by atoms with Crippen LogP contribution in [0.25, 0.3) is 0 Å². The van der Waals surface area contributed by atoms with Crippen molar-refractivity contribution in [2.24, 2.45) is 0 Å². The second kappa shape index (κ2) is 10.4. The van der Waals surface area contributed by atoms with Crippen LogP contribution in [0.5, 0.6) is 5.75 Å². The van der Waals surface area contributed by atoms with Gasteiger partial charge >= 0.3 is 6.11 Å². The lowest BCUT2D eigenvalue weighted by molar-refractivity contribution is -0.192. The van der Waals surface area contributed by atoms with Gasteiger partial charge in [-0.1, -0.05) is 15.9 Å². The van der Waals surface area contributed by atoms with Gasteiger partial charge in [-0.05, 0) is 12.1 Å². The first-order valence-electron chi connectivity index (χ1n) is 6.55. The molecule has 0 saturated carbocycles. The molecule has 0 atom stereocenters. The largest absolute Gasteiger partial charge is 0.432 e. The first-order valence-corrected chi connectivity index (χ1v) is 10.9. The Morgan fingerprint density at radius 3 is 1.38 bits per heavy atom. The zero-order chi connectivity index (χ0) is 21.9. The van der Waals surface area contributed by atoms with Crippen LogP contribution in [0.15, 0.2) is 41.1 Å². The molecule has 0 N–H and O–H groups in total. The SMILES string of the molecule is FSc1c(OC(F)(F)c2c(F)cc(Br)cc2F)c(SF)c(SF)c(SF)c1SF. The first kappa shape index (κ1) is 25.1. The number of ether oxygens (including phenoxy) is 1. The van der Waals surface area contributed by atoms with Crippen LogP contribution in [0, 0.1) is 11.6 Å². The topological polar surface area (TPSA) is 9.23 Å². The highest BCUT2D eigenvalue weighted by Gasteiger charge is 2.44. The third kappa shape index (κ3) is 5.02. The van der Waals surface area contributed by atoms with Crippen LogP contribution in [0.4, 0.5) is 37.0 Å². The van der Waals surface area contributed by atoms with Gasteiger partial charge in [-0.15, -0.1) is 0 Å². The third-order valence-electron chi connectivity index (χ3n) is 3.15. The minimum atomic E-state index is -4.87. The molecule has 0 radical (unpaired) electrons. The average Bonchev–Trinajstić information content (AvgIpc) is 2.64. The van der Waals surface area contributed by atoms with Crippen molar-refractivity contribution in [2.45, 2.75) is 30.6 Å². The number of hydrogen-bond acceptors (Lipinski definition) is 6. The Balaban J connectivity index is 2.77. The molecule has 29 heavy (non-hydrogen) atoms. The van der Waals surface area contributed by atoms with Crippen LogP contribution >= 0.6 is 76.7 Å². The molecule has 2 aromatic carbocycles. The summed E-state index contributed by atoms with van der Waals surface area (Å²) in [6.45, 7) is 0. The average molecular weight is 585 g/mol. The fourth-order valence-corrected chi connectivity index (χ4v) is 5.26. The monoisotopic (exact) mass is 584 g/mol. The predicted octanol–water partition coefficient (Wildman–Crippen LogP) is 9.74. The van der Waals surface area contributed by atoms with Crippen molar-refractivity contribution >= 4 is 76.7 Å². The minimum Gasteiger partial charge on any atom is -0.426 e. The third-order valence-corrected chi connectivity index (χ3v) is 6.90. The molecule has 2 rings (SSSR count). The van der Waals surface area contributed by atoms with Crippen molar-refractivity contribution < 1.29 is 41.7 Å². The van der Waals surface area contributed by atoms with Gasteiger partial charge in [0, 0.05) is 4.47 Å². The van der Waals surface area contributed by atoms with Gasteiger partial charge in [0.15, 0.2) is 5.75 Å². The Kier molecular flexibility index (Phi) is 9.03. The molecule has 0 aliphatic heterocycles. The van der Waals surface area contributed by atoms with Gasteiger partial charge in [-0.3, -0.25) is 0 Å². The second-order valence-electron chi connectivity index (χ2n) is 4.72. The molecule has 0 aromatic heterocycles. The van der Waals surface area contributed by atoms with E-state index in [1.807, 2.05) is 0 Å². The molecule has 16 heteroatoms. The molecular weight excluding hydrogens is 583 g/mol. The standard InChI is InChI=1S/C13H2BrF9OS5/c14-3-1-4(15)6(5(16)2-3)13(17,18)24-7-8(25-19)10(27-21)12(29-23)11(28-22)9(7)26-20/h1-2H. The highest BCUT2D eigenvalue weighted by atomic mass is 79.9. The summed E-state index contributed by atoms with van der Waals surface area (Å²) in [5, 5.41) is 0. The summed E-state index contributed by atoms with van der Waals surface area (Å²) in [5.74, 6) is -5.02. The van der Waals surface area contributed by atoms with Crippen molar-refractivity contribution in [3.8, 4) is 5.75 Å². The fraction of sp³-hybridized carbons (Fsp3) is 0.0769. The highest BCUT2D eigenvalue weighted by Crippen LogP contribution is 2.56. The molecule has 0 saturated heterocycles. The zero-order valence-corrected chi connectivity index (χ0v) is 18.6. The number of rotatable bonds is 8. The molecule has 0 fully saturated rings. The maximum atomic E-state index is 14.5. The number of alkyl halides is 2. The van der Waals surface area contributed by atoms with E-state index >= 15 is 0 Å². The second-order valence-corrected chi connectivity index (χ2v) is 8.45. The molecule has 1 nitrogen and oxygen atoms in total.